The fourth-order valence-electron chi connectivity index (χ4n) is 1.63. The van der Waals surface area contributed by atoms with Crippen molar-refractivity contribution < 1.29 is 12.8 Å². The number of nitrogens with two attached hydrogens (primary N) is 1. The lowest BCUT2D eigenvalue weighted by atomic mass is 10.2. The van der Waals surface area contributed by atoms with Crippen molar-refractivity contribution in [2.45, 2.75) is 10.6 Å². The average Bonchev–Trinajstić information content (AvgIpc) is 2.33. The summed E-state index contributed by atoms with van der Waals surface area (Å²) in [6.45, 7) is 0. The van der Waals surface area contributed by atoms with Crippen molar-refractivity contribution in [3.8, 4) is 0 Å². The molecule has 0 bridgehead atoms. The van der Waals surface area contributed by atoms with Gasteiger partial charge in [-0.15, -0.1) is 0 Å². The number of halogens is 2. The second-order valence-corrected chi connectivity index (χ2v) is 6.48. The second-order valence-electron chi connectivity index (χ2n) is 4.06. The minimum atomic E-state index is -3.56. The predicted octanol–water partition coefficient (Wildman–Crippen LogP) is 3.04. The standard InChI is InChI=1S/C13H11ClFNO2S/c14-10-2-1-9(13(16)7-10)8-19(17,18)12-5-3-11(15)4-6-12/h1-7H,8,16H2. The summed E-state index contributed by atoms with van der Waals surface area (Å²) < 4.78 is 37.1. The number of benzene rings is 2. The maximum Gasteiger partial charge on any atom is 0.182 e. The van der Waals surface area contributed by atoms with Crippen molar-refractivity contribution >= 4 is 27.1 Å². The van der Waals surface area contributed by atoms with E-state index in [1.54, 1.807) is 12.1 Å². The molecule has 0 aliphatic rings. The maximum absolute atomic E-state index is 12.8. The molecule has 0 saturated carbocycles. The zero-order valence-corrected chi connectivity index (χ0v) is 11.4. The highest BCUT2D eigenvalue weighted by Crippen LogP contribution is 2.23. The van der Waals surface area contributed by atoms with Gasteiger partial charge in [0.2, 0.25) is 0 Å². The van der Waals surface area contributed by atoms with Crippen LogP contribution in [0, 0.1) is 5.82 Å². The van der Waals surface area contributed by atoms with E-state index in [4.69, 9.17) is 17.3 Å². The molecule has 0 aromatic heterocycles. The minimum Gasteiger partial charge on any atom is -0.398 e. The van der Waals surface area contributed by atoms with Crippen LogP contribution in [0.25, 0.3) is 0 Å². The normalized spacial score (nSPS) is 11.5. The molecule has 0 aliphatic carbocycles. The molecule has 6 heteroatoms. The molecule has 0 heterocycles. The summed E-state index contributed by atoms with van der Waals surface area (Å²) in [4.78, 5) is 0.0586. The molecule has 2 aromatic rings. The first-order chi connectivity index (χ1) is 8.88. The SMILES string of the molecule is Nc1cc(Cl)ccc1CS(=O)(=O)c1ccc(F)cc1. The Kier molecular flexibility index (Phi) is 3.78. The Labute approximate surface area is 115 Å². The number of hydrogen-bond acceptors (Lipinski definition) is 3. The molecule has 2 N–H and O–H groups in total. The molecule has 0 aliphatic heterocycles. The topological polar surface area (TPSA) is 60.2 Å². The fraction of sp³-hybridized carbons (Fsp3) is 0.0769. The number of rotatable bonds is 3. The monoisotopic (exact) mass is 299 g/mol. The van der Waals surface area contributed by atoms with E-state index in [1.807, 2.05) is 0 Å². The largest absolute Gasteiger partial charge is 0.398 e. The lowest BCUT2D eigenvalue weighted by molar-refractivity contribution is 0.594. The van der Waals surface area contributed by atoms with Gasteiger partial charge in [0.25, 0.3) is 0 Å². The van der Waals surface area contributed by atoms with Crippen LogP contribution in [-0.2, 0) is 15.6 Å². The van der Waals surface area contributed by atoms with Gasteiger partial charge in [0.1, 0.15) is 5.82 Å². The van der Waals surface area contributed by atoms with Crippen molar-refractivity contribution in [2.24, 2.45) is 0 Å². The van der Waals surface area contributed by atoms with Crippen LogP contribution in [0.3, 0.4) is 0 Å². The molecule has 0 radical (unpaired) electrons. The third-order valence-corrected chi connectivity index (χ3v) is 4.54. The number of hydrogen-bond donors (Lipinski definition) is 1. The Hall–Kier alpha value is -1.59. The summed E-state index contributed by atoms with van der Waals surface area (Å²) >= 11 is 5.75. The Morgan fingerprint density at radius 3 is 2.32 bits per heavy atom. The summed E-state index contributed by atoms with van der Waals surface area (Å²) in [6.07, 6.45) is 0. The highest BCUT2D eigenvalue weighted by Gasteiger charge is 2.17. The van der Waals surface area contributed by atoms with E-state index < -0.39 is 15.7 Å². The maximum atomic E-state index is 12.8. The first-order valence-electron chi connectivity index (χ1n) is 5.41. The zero-order chi connectivity index (χ0) is 14.0. The molecule has 0 fully saturated rings. The first kappa shape index (κ1) is 13.8. The molecule has 19 heavy (non-hydrogen) atoms. The van der Waals surface area contributed by atoms with Crippen LogP contribution in [-0.4, -0.2) is 8.42 Å². The van der Waals surface area contributed by atoms with Crippen LogP contribution in [0.2, 0.25) is 5.02 Å². The molecule has 0 amide bonds. The zero-order valence-electron chi connectivity index (χ0n) is 9.81. The summed E-state index contributed by atoms with van der Waals surface area (Å²) in [7, 11) is -3.56. The van der Waals surface area contributed by atoms with Gasteiger partial charge in [-0.1, -0.05) is 17.7 Å². The molecule has 0 unspecified atom stereocenters. The van der Waals surface area contributed by atoms with E-state index in [0.717, 1.165) is 12.1 Å². The Balaban J connectivity index is 2.33. The number of nitrogen functional groups attached to an aromatic ring is 1. The Morgan fingerprint density at radius 1 is 1.11 bits per heavy atom. The van der Waals surface area contributed by atoms with Gasteiger partial charge in [0.15, 0.2) is 9.84 Å². The van der Waals surface area contributed by atoms with Gasteiger partial charge in [-0.25, -0.2) is 12.8 Å². The minimum absolute atomic E-state index is 0.0586. The van der Waals surface area contributed by atoms with E-state index in [9.17, 15) is 12.8 Å². The summed E-state index contributed by atoms with van der Waals surface area (Å²) in [5, 5.41) is 0.445. The molecule has 3 nitrogen and oxygen atoms in total. The predicted molar refractivity (Wildman–Crippen MR) is 73.2 cm³/mol. The van der Waals surface area contributed by atoms with Gasteiger partial charge in [0.05, 0.1) is 10.6 Å². The summed E-state index contributed by atoms with van der Waals surface area (Å²) in [6, 6.07) is 9.33. The smallest absolute Gasteiger partial charge is 0.182 e. The third kappa shape index (κ3) is 3.24. The van der Waals surface area contributed by atoms with E-state index in [-0.39, 0.29) is 10.6 Å². The highest BCUT2D eigenvalue weighted by molar-refractivity contribution is 7.90. The number of anilines is 1. The van der Waals surface area contributed by atoms with Gasteiger partial charge in [-0.05, 0) is 42.0 Å². The van der Waals surface area contributed by atoms with Crippen molar-refractivity contribution in [2.75, 3.05) is 5.73 Å². The molecular weight excluding hydrogens is 289 g/mol. The van der Waals surface area contributed by atoms with E-state index >= 15 is 0 Å². The first-order valence-corrected chi connectivity index (χ1v) is 7.44. The summed E-state index contributed by atoms with van der Waals surface area (Å²) in [5.74, 6) is -0.730. The van der Waals surface area contributed by atoms with Gasteiger partial charge in [-0.3, -0.25) is 0 Å². The molecule has 0 spiro atoms. The van der Waals surface area contributed by atoms with E-state index in [0.29, 0.717) is 16.3 Å². The second kappa shape index (κ2) is 5.19. The molecule has 0 saturated heterocycles. The average molecular weight is 300 g/mol. The highest BCUT2D eigenvalue weighted by atomic mass is 35.5. The van der Waals surface area contributed by atoms with E-state index in [1.165, 1.54) is 18.2 Å². The van der Waals surface area contributed by atoms with Crippen LogP contribution in [0.15, 0.2) is 47.4 Å². The van der Waals surface area contributed by atoms with Crippen molar-refractivity contribution in [1.82, 2.24) is 0 Å². The molecule has 2 rings (SSSR count). The van der Waals surface area contributed by atoms with Crippen LogP contribution < -0.4 is 5.73 Å². The summed E-state index contributed by atoms with van der Waals surface area (Å²) in [5.41, 5.74) is 6.51. The van der Waals surface area contributed by atoms with Crippen molar-refractivity contribution in [3.05, 3.63) is 58.9 Å². The van der Waals surface area contributed by atoms with Crippen LogP contribution in [0.4, 0.5) is 10.1 Å². The Bertz CT molecular complexity index is 699. The fourth-order valence-corrected chi connectivity index (χ4v) is 3.20. The molecular formula is C13H11ClFNO2S. The third-order valence-electron chi connectivity index (χ3n) is 2.63. The molecule has 2 aromatic carbocycles. The Morgan fingerprint density at radius 2 is 1.74 bits per heavy atom. The molecule has 100 valence electrons. The van der Waals surface area contributed by atoms with Crippen molar-refractivity contribution in [1.29, 1.82) is 0 Å². The lowest BCUT2D eigenvalue weighted by Gasteiger charge is -2.07. The van der Waals surface area contributed by atoms with Gasteiger partial charge >= 0.3 is 0 Å². The van der Waals surface area contributed by atoms with Gasteiger partial charge in [-0.2, -0.15) is 0 Å². The van der Waals surface area contributed by atoms with Crippen LogP contribution in [0.5, 0.6) is 0 Å². The molecule has 0 atom stereocenters. The lowest BCUT2D eigenvalue weighted by Crippen LogP contribution is -2.07. The van der Waals surface area contributed by atoms with Crippen LogP contribution >= 0.6 is 11.6 Å². The quantitative estimate of drug-likeness (QED) is 0.700. The number of sulfone groups is 1. The van der Waals surface area contributed by atoms with E-state index in [2.05, 4.69) is 0 Å². The van der Waals surface area contributed by atoms with Gasteiger partial charge in [0, 0.05) is 10.7 Å². The van der Waals surface area contributed by atoms with Crippen molar-refractivity contribution in [3.63, 3.8) is 0 Å². The van der Waals surface area contributed by atoms with Gasteiger partial charge < -0.3 is 5.73 Å². The van der Waals surface area contributed by atoms with Crippen LogP contribution in [0.1, 0.15) is 5.56 Å².